The summed E-state index contributed by atoms with van der Waals surface area (Å²) < 4.78 is 7.25. The summed E-state index contributed by atoms with van der Waals surface area (Å²) in [5.41, 5.74) is 2.26. The minimum absolute atomic E-state index is 0.908. The first-order valence-electron chi connectivity index (χ1n) is 6.22. The molecule has 0 radical (unpaired) electrons. The lowest BCUT2D eigenvalue weighted by Crippen LogP contribution is -1.97. The largest absolute Gasteiger partial charge is 0.457 e. The molecular weight excluding hydrogens is 347 g/mol. The van der Waals surface area contributed by atoms with Gasteiger partial charge in [0.2, 0.25) is 0 Å². The van der Waals surface area contributed by atoms with Crippen LogP contribution in [0.1, 0.15) is 17.5 Å². The molecule has 0 unspecified atom stereocenters. The standard InChI is InChI=1S/C17H13IO/c18-15-9-4-8-14(12-15)17-11-5-10-16(19-17)13-6-2-1-3-7-13/h1-4,6-12H,5H2. The molecule has 2 aromatic rings. The Balaban J connectivity index is 1.86. The lowest BCUT2D eigenvalue weighted by Gasteiger charge is -2.17. The molecule has 3 rings (SSSR count). The van der Waals surface area contributed by atoms with Crippen LogP contribution in [0.2, 0.25) is 0 Å². The predicted molar refractivity (Wildman–Crippen MR) is 87.3 cm³/mol. The molecule has 0 saturated carbocycles. The summed E-state index contributed by atoms with van der Waals surface area (Å²) in [6.07, 6.45) is 5.15. The zero-order chi connectivity index (χ0) is 13.1. The number of halogens is 1. The maximum absolute atomic E-state index is 6.03. The van der Waals surface area contributed by atoms with E-state index in [0.29, 0.717) is 0 Å². The van der Waals surface area contributed by atoms with Crippen molar-refractivity contribution in [3.63, 3.8) is 0 Å². The SMILES string of the molecule is Ic1cccc(C2=CCC=C(c3ccccc3)O2)c1. The molecule has 94 valence electrons. The van der Waals surface area contributed by atoms with Crippen LogP contribution in [-0.4, -0.2) is 0 Å². The molecule has 0 amide bonds. The smallest absolute Gasteiger partial charge is 0.131 e. The van der Waals surface area contributed by atoms with Gasteiger partial charge in [0.05, 0.1) is 0 Å². The number of allylic oxidation sites excluding steroid dienone is 2. The molecule has 0 aromatic heterocycles. The number of hydrogen-bond acceptors (Lipinski definition) is 1. The molecule has 2 aromatic carbocycles. The molecule has 2 heteroatoms. The van der Waals surface area contributed by atoms with Crippen molar-refractivity contribution >= 4 is 34.1 Å². The minimum Gasteiger partial charge on any atom is -0.457 e. The Morgan fingerprint density at radius 3 is 2.21 bits per heavy atom. The highest BCUT2D eigenvalue weighted by molar-refractivity contribution is 14.1. The van der Waals surface area contributed by atoms with Gasteiger partial charge in [-0.05, 0) is 53.3 Å². The molecule has 1 heterocycles. The van der Waals surface area contributed by atoms with Gasteiger partial charge in [-0.1, -0.05) is 42.5 Å². The quantitative estimate of drug-likeness (QED) is 0.678. The van der Waals surface area contributed by atoms with Crippen molar-refractivity contribution in [1.29, 1.82) is 0 Å². The fraction of sp³-hybridized carbons (Fsp3) is 0.0588. The normalized spacial score (nSPS) is 14.4. The third-order valence-electron chi connectivity index (χ3n) is 2.99. The summed E-state index contributed by atoms with van der Waals surface area (Å²) in [5, 5.41) is 0. The van der Waals surface area contributed by atoms with Gasteiger partial charge in [0, 0.05) is 14.7 Å². The molecule has 0 fully saturated rings. The summed E-state index contributed by atoms with van der Waals surface area (Å²) >= 11 is 2.32. The molecule has 1 aliphatic heterocycles. The molecule has 1 nitrogen and oxygen atoms in total. The van der Waals surface area contributed by atoms with E-state index in [-0.39, 0.29) is 0 Å². The summed E-state index contributed by atoms with van der Waals surface area (Å²) in [5.74, 6) is 1.89. The van der Waals surface area contributed by atoms with E-state index >= 15 is 0 Å². The molecule has 19 heavy (non-hydrogen) atoms. The first-order valence-corrected chi connectivity index (χ1v) is 7.30. The monoisotopic (exact) mass is 360 g/mol. The van der Waals surface area contributed by atoms with Gasteiger partial charge < -0.3 is 4.74 Å². The van der Waals surface area contributed by atoms with Gasteiger partial charge in [-0.3, -0.25) is 0 Å². The zero-order valence-electron chi connectivity index (χ0n) is 10.3. The molecule has 1 aliphatic rings. The van der Waals surface area contributed by atoms with Crippen LogP contribution in [0.3, 0.4) is 0 Å². The second-order valence-electron chi connectivity index (χ2n) is 4.35. The van der Waals surface area contributed by atoms with Crippen LogP contribution in [0.5, 0.6) is 0 Å². The Kier molecular flexibility index (Phi) is 3.69. The van der Waals surface area contributed by atoms with Crippen molar-refractivity contribution in [1.82, 2.24) is 0 Å². The van der Waals surface area contributed by atoms with Gasteiger partial charge in [0.1, 0.15) is 11.5 Å². The van der Waals surface area contributed by atoms with Crippen molar-refractivity contribution in [3.05, 3.63) is 81.4 Å². The van der Waals surface area contributed by atoms with Crippen molar-refractivity contribution in [2.75, 3.05) is 0 Å². The van der Waals surface area contributed by atoms with Crippen LogP contribution in [0.4, 0.5) is 0 Å². The molecule has 0 atom stereocenters. The van der Waals surface area contributed by atoms with Crippen molar-refractivity contribution in [2.24, 2.45) is 0 Å². The Labute approximate surface area is 126 Å². The second kappa shape index (κ2) is 5.61. The van der Waals surface area contributed by atoms with Crippen molar-refractivity contribution < 1.29 is 4.74 Å². The first-order chi connectivity index (χ1) is 9.33. The maximum Gasteiger partial charge on any atom is 0.131 e. The Morgan fingerprint density at radius 1 is 0.789 bits per heavy atom. The van der Waals surface area contributed by atoms with Gasteiger partial charge in [-0.25, -0.2) is 0 Å². The van der Waals surface area contributed by atoms with Gasteiger partial charge in [0.25, 0.3) is 0 Å². The highest BCUT2D eigenvalue weighted by atomic mass is 127. The summed E-state index contributed by atoms with van der Waals surface area (Å²) in [4.78, 5) is 0. The predicted octanol–water partition coefficient (Wildman–Crippen LogP) is 5.09. The number of benzene rings is 2. The van der Waals surface area contributed by atoms with Crippen LogP contribution in [0.25, 0.3) is 11.5 Å². The molecule has 0 spiro atoms. The van der Waals surface area contributed by atoms with Gasteiger partial charge >= 0.3 is 0 Å². The molecule has 0 N–H and O–H groups in total. The van der Waals surface area contributed by atoms with Crippen molar-refractivity contribution in [2.45, 2.75) is 6.42 Å². The number of ether oxygens (including phenoxy) is 1. The molecular formula is C17H13IO. The first kappa shape index (κ1) is 12.5. The van der Waals surface area contributed by atoms with E-state index in [1.54, 1.807) is 0 Å². The third kappa shape index (κ3) is 2.89. The molecule has 0 saturated heterocycles. The van der Waals surface area contributed by atoms with E-state index in [4.69, 9.17) is 4.74 Å². The summed E-state index contributed by atoms with van der Waals surface area (Å²) in [6, 6.07) is 18.6. The van der Waals surface area contributed by atoms with E-state index in [1.807, 2.05) is 18.2 Å². The Bertz CT molecular complexity index is 641. The average molecular weight is 360 g/mol. The minimum atomic E-state index is 0.908. The lowest BCUT2D eigenvalue weighted by molar-refractivity contribution is 0.462. The maximum atomic E-state index is 6.03. The van der Waals surface area contributed by atoms with E-state index in [2.05, 4.69) is 71.1 Å². The van der Waals surface area contributed by atoms with Crippen LogP contribution in [0.15, 0.2) is 66.7 Å². The van der Waals surface area contributed by atoms with Crippen molar-refractivity contribution in [3.8, 4) is 0 Å². The molecule has 0 aliphatic carbocycles. The lowest BCUT2D eigenvalue weighted by atomic mass is 10.1. The van der Waals surface area contributed by atoms with Crippen LogP contribution < -0.4 is 0 Å². The zero-order valence-corrected chi connectivity index (χ0v) is 12.5. The van der Waals surface area contributed by atoms with Crippen LogP contribution in [0, 0.1) is 3.57 Å². The van der Waals surface area contributed by atoms with Gasteiger partial charge in [-0.15, -0.1) is 0 Å². The van der Waals surface area contributed by atoms with Gasteiger partial charge in [0.15, 0.2) is 0 Å². The molecule has 0 bridgehead atoms. The fourth-order valence-corrected chi connectivity index (χ4v) is 2.62. The average Bonchev–Trinajstić information content (AvgIpc) is 2.48. The Morgan fingerprint density at radius 2 is 1.47 bits per heavy atom. The third-order valence-corrected chi connectivity index (χ3v) is 3.66. The summed E-state index contributed by atoms with van der Waals surface area (Å²) in [7, 11) is 0. The number of rotatable bonds is 2. The highest BCUT2D eigenvalue weighted by Gasteiger charge is 2.12. The van der Waals surface area contributed by atoms with Gasteiger partial charge in [-0.2, -0.15) is 0 Å². The summed E-state index contributed by atoms with van der Waals surface area (Å²) in [6.45, 7) is 0. The number of hydrogen-bond donors (Lipinski definition) is 0. The van der Waals surface area contributed by atoms with E-state index in [9.17, 15) is 0 Å². The topological polar surface area (TPSA) is 9.23 Å². The van der Waals surface area contributed by atoms with Crippen LogP contribution >= 0.6 is 22.6 Å². The Hall–Kier alpha value is -1.55. The van der Waals surface area contributed by atoms with E-state index in [0.717, 1.165) is 29.1 Å². The van der Waals surface area contributed by atoms with E-state index in [1.165, 1.54) is 3.57 Å². The fourth-order valence-electron chi connectivity index (χ4n) is 2.07. The second-order valence-corrected chi connectivity index (χ2v) is 5.60. The highest BCUT2D eigenvalue weighted by Crippen LogP contribution is 2.30. The van der Waals surface area contributed by atoms with E-state index < -0.39 is 0 Å². The van der Waals surface area contributed by atoms with Crippen LogP contribution in [-0.2, 0) is 4.74 Å².